The summed E-state index contributed by atoms with van der Waals surface area (Å²) in [5.74, 6) is 0.342. The molecule has 5 heteroatoms. The van der Waals surface area contributed by atoms with Gasteiger partial charge in [0.1, 0.15) is 5.54 Å². The van der Waals surface area contributed by atoms with Crippen LogP contribution in [0.1, 0.15) is 33.1 Å². The third-order valence-electron chi connectivity index (χ3n) is 3.84. The molecule has 2 rings (SSSR count). The summed E-state index contributed by atoms with van der Waals surface area (Å²) in [7, 11) is 0. The van der Waals surface area contributed by atoms with Crippen molar-refractivity contribution < 1.29 is 14.3 Å². The maximum absolute atomic E-state index is 12.5. The van der Waals surface area contributed by atoms with E-state index in [2.05, 4.69) is 5.32 Å². The summed E-state index contributed by atoms with van der Waals surface area (Å²) < 4.78 is 5.30. The summed E-state index contributed by atoms with van der Waals surface area (Å²) in [4.78, 5) is 26.0. The number of rotatable bonds is 5. The Kier molecular flexibility index (Phi) is 3.90. The van der Waals surface area contributed by atoms with Crippen molar-refractivity contribution in [3.05, 3.63) is 0 Å². The second kappa shape index (κ2) is 5.26. The molecule has 2 amide bonds. The highest BCUT2D eigenvalue weighted by atomic mass is 16.5. The van der Waals surface area contributed by atoms with E-state index in [1.807, 2.05) is 13.8 Å². The first-order valence-electron chi connectivity index (χ1n) is 6.76. The summed E-state index contributed by atoms with van der Waals surface area (Å²) >= 11 is 0. The molecule has 0 aromatic heterocycles. The van der Waals surface area contributed by atoms with Crippen molar-refractivity contribution in [3.63, 3.8) is 0 Å². The van der Waals surface area contributed by atoms with E-state index in [0.29, 0.717) is 38.6 Å². The van der Waals surface area contributed by atoms with Gasteiger partial charge < -0.3 is 15.0 Å². The number of hydrogen-bond acceptors (Lipinski definition) is 3. The Hall–Kier alpha value is -1.10. The second-order valence-electron chi connectivity index (χ2n) is 5.26. The molecule has 1 aliphatic heterocycles. The van der Waals surface area contributed by atoms with Gasteiger partial charge in [-0.25, -0.2) is 0 Å². The van der Waals surface area contributed by atoms with E-state index >= 15 is 0 Å². The zero-order valence-corrected chi connectivity index (χ0v) is 11.2. The highest BCUT2D eigenvalue weighted by Gasteiger charge is 2.50. The molecule has 0 aromatic rings. The van der Waals surface area contributed by atoms with Crippen LogP contribution in [0.4, 0.5) is 0 Å². The smallest absolute Gasteiger partial charge is 0.248 e. The summed E-state index contributed by atoms with van der Waals surface area (Å²) in [6.07, 6.45) is 2.45. The number of ether oxygens (including phenoxy) is 1. The zero-order chi connectivity index (χ0) is 13.2. The predicted molar refractivity (Wildman–Crippen MR) is 67.0 cm³/mol. The fraction of sp³-hybridized carbons (Fsp3) is 0.846. The second-order valence-corrected chi connectivity index (χ2v) is 5.26. The number of nitrogens with one attached hydrogen (secondary N) is 1. The fourth-order valence-electron chi connectivity index (χ4n) is 2.54. The van der Waals surface area contributed by atoms with Crippen molar-refractivity contribution in [1.29, 1.82) is 0 Å². The van der Waals surface area contributed by atoms with Crippen molar-refractivity contribution in [3.8, 4) is 0 Å². The molecule has 18 heavy (non-hydrogen) atoms. The highest BCUT2D eigenvalue weighted by Crippen LogP contribution is 2.41. The van der Waals surface area contributed by atoms with Gasteiger partial charge in [0.2, 0.25) is 11.8 Å². The lowest BCUT2D eigenvalue weighted by molar-refractivity contribution is -0.139. The molecule has 1 N–H and O–H groups in total. The molecule has 1 aliphatic carbocycles. The molecule has 1 heterocycles. The maximum atomic E-state index is 12.5. The Labute approximate surface area is 108 Å². The van der Waals surface area contributed by atoms with Gasteiger partial charge in [0.15, 0.2) is 0 Å². The van der Waals surface area contributed by atoms with E-state index in [0.717, 1.165) is 12.8 Å². The Bertz CT molecular complexity index is 341. The molecule has 0 spiro atoms. The summed E-state index contributed by atoms with van der Waals surface area (Å²) in [6.45, 7) is 6.06. The fourth-order valence-corrected chi connectivity index (χ4v) is 2.54. The molecule has 5 nitrogen and oxygen atoms in total. The molecule has 0 aromatic carbocycles. The van der Waals surface area contributed by atoms with Crippen LogP contribution in [0, 0.1) is 5.92 Å². The van der Waals surface area contributed by atoms with E-state index in [-0.39, 0.29) is 11.8 Å². The van der Waals surface area contributed by atoms with Gasteiger partial charge in [-0.15, -0.1) is 0 Å². The highest BCUT2D eigenvalue weighted by molar-refractivity contribution is 5.93. The number of nitrogens with zero attached hydrogens (tertiary/aromatic N) is 1. The Morgan fingerprint density at radius 1 is 1.44 bits per heavy atom. The summed E-state index contributed by atoms with van der Waals surface area (Å²) in [5, 5.41) is 2.92. The van der Waals surface area contributed by atoms with Gasteiger partial charge in [0, 0.05) is 26.1 Å². The first kappa shape index (κ1) is 13.3. The van der Waals surface area contributed by atoms with Gasteiger partial charge in [0.05, 0.1) is 6.61 Å². The van der Waals surface area contributed by atoms with E-state index in [1.165, 1.54) is 0 Å². The van der Waals surface area contributed by atoms with Crippen LogP contribution < -0.4 is 5.32 Å². The zero-order valence-electron chi connectivity index (χ0n) is 11.2. The lowest BCUT2D eigenvalue weighted by atomic mass is 9.94. The molecule has 1 saturated heterocycles. The number of carbonyl (C=O) groups is 2. The molecule has 0 bridgehead atoms. The molecule has 1 saturated carbocycles. The van der Waals surface area contributed by atoms with E-state index in [9.17, 15) is 9.59 Å². The molecule has 2 fully saturated rings. The largest absolute Gasteiger partial charge is 0.380 e. The van der Waals surface area contributed by atoms with Gasteiger partial charge in [-0.1, -0.05) is 0 Å². The van der Waals surface area contributed by atoms with E-state index < -0.39 is 5.54 Å². The third-order valence-corrected chi connectivity index (χ3v) is 3.84. The first-order valence-corrected chi connectivity index (χ1v) is 6.76. The average molecular weight is 254 g/mol. The average Bonchev–Trinajstić information content (AvgIpc) is 3.16. The standard InChI is InChI=1S/C13H22N2O3/c1-3-18-9-8-15-7-6-11(16)14-13(2,12(15)17)10-4-5-10/h10H,3-9H2,1-2H3,(H,14,16). The quantitative estimate of drug-likeness (QED) is 0.729. The van der Waals surface area contributed by atoms with Gasteiger partial charge >= 0.3 is 0 Å². The van der Waals surface area contributed by atoms with Crippen molar-refractivity contribution >= 4 is 11.8 Å². The van der Waals surface area contributed by atoms with Crippen LogP contribution in [0.15, 0.2) is 0 Å². The van der Waals surface area contributed by atoms with Crippen LogP contribution >= 0.6 is 0 Å². The Morgan fingerprint density at radius 3 is 2.78 bits per heavy atom. The number of hydrogen-bond donors (Lipinski definition) is 1. The van der Waals surface area contributed by atoms with Crippen LogP contribution in [0.5, 0.6) is 0 Å². The predicted octanol–water partition coefficient (Wildman–Crippen LogP) is 0.540. The third kappa shape index (κ3) is 2.66. The minimum Gasteiger partial charge on any atom is -0.380 e. The normalized spacial score (nSPS) is 29.1. The molecule has 0 radical (unpaired) electrons. The molecule has 1 unspecified atom stereocenters. The van der Waals surface area contributed by atoms with Crippen molar-refractivity contribution in [2.45, 2.75) is 38.6 Å². The van der Waals surface area contributed by atoms with Crippen molar-refractivity contribution in [1.82, 2.24) is 10.2 Å². The first-order chi connectivity index (χ1) is 8.58. The Morgan fingerprint density at radius 2 is 2.17 bits per heavy atom. The monoisotopic (exact) mass is 254 g/mol. The van der Waals surface area contributed by atoms with Gasteiger partial charge in [-0.05, 0) is 32.6 Å². The summed E-state index contributed by atoms with van der Waals surface area (Å²) in [6, 6.07) is 0. The molecule has 102 valence electrons. The van der Waals surface area contributed by atoms with Crippen LogP contribution in [-0.4, -0.2) is 48.6 Å². The van der Waals surface area contributed by atoms with Crippen LogP contribution in [-0.2, 0) is 14.3 Å². The van der Waals surface area contributed by atoms with Crippen LogP contribution in [0.3, 0.4) is 0 Å². The van der Waals surface area contributed by atoms with Crippen LogP contribution in [0.25, 0.3) is 0 Å². The molecular weight excluding hydrogens is 232 g/mol. The van der Waals surface area contributed by atoms with Crippen LogP contribution in [0.2, 0.25) is 0 Å². The maximum Gasteiger partial charge on any atom is 0.248 e. The SMILES string of the molecule is CCOCCN1CCC(=O)NC(C)(C2CC2)C1=O. The van der Waals surface area contributed by atoms with Gasteiger partial charge in [-0.2, -0.15) is 0 Å². The van der Waals surface area contributed by atoms with E-state index in [1.54, 1.807) is 4.90 Å². The lowest BCUT2D eigenvalue weighted by Gasteiger charge is -2.32. The summed E-state index contributed by atoms with van der Waals surface area (Å²) in [5.41, 5.74) is -0.695. The number of carbonyl (C=O) groups excluding carboxylic acids is 2. The number of amides is 2. The molecule has 2 aliphatic rings. The minimum absolute atomic E-state index is 0.0170. The Balaban J connectivity index is 2.06. The molecular formula is C13H22N2O3. The molecule has 1 atom stereocenters. The van der Waals surface area contributed by atoms with Gasteiger partial charge in [-0.3, -0.25) is 9.59 Å². The topological polar surface area (TPSA) is 58.6 Å². The van der Waals surface area contributed by atoms with E-state index in [4.69, 9.17) is 4.74 Å². The van der Waals surface area contributed by atoms with Crippen molar-refractivity contribution in [2.24, 2.45) is 5.92 Å². The van der Waals surface area contributed by atoms with Crippen molar-refractivity contribution in [2.75, 3.05) is 26.3 Å². The van der Waals surface area contributed by atoms with Gasteiger partial charge in [0.25, 0.3) is 0 Å². The lowest BCUT2D eigenvalue weighted by Crippen LogP contribution is -2.57. The minimum atomic E-state index is -0.695.